The van der Waals surface area contributed by atoms with Crippen molar-refractivity contribution >= 4 is 5.69 Å². The number of rotatable bonds is 4. The fourth-order valence-electron chi connectivity index (χ4n) is 3.06. The van der Waals surface area contributed by atoms with Crippen LogP contribution in [0.5, 0.6) is 0 Å². The van der Waals surface area contributed by atoms with Crippen molar-refractivity contribution in [2.75, 3.05) is 25.5 Å². The number of alkyl halides is 3. The van der Waals surface area contributed by atoms with E-state index < -0.39 is 12.7 Å². The van der Waals surface area contributed by atoms with Crippen LogP contribution in [-0.2, 0) is 5.54 Å². The Morgan fingerprint density at radius 2 is 1.70 bits per heavy atom. The van der Waals surface area contributed by atoms with Gasteiger partial charge in [-0.15, -0.1) is 0 Å². The smallest absolute Gasteiger partial charge is 0.366 e. The topological polar surface area (TPSA) is 15.3 Å². The largest absolute Gasteiger partial charge is 0.405 e. The molecule has 0 unspecified atom stereocenters. The standard InChI is InChI=1S/C15H21F3N2/c1-19-14(9-3-4-10-14)12-5-7-13(8-6-12)20(2)11-15(16,17)18/h5-8,19H,3-4,9-11H2,1-2H3. The maximum atomic E-state index is 12.4. The summed E-state index contributed by atoms with van der Waals surface area (Å²) in [6.45, 7) is -0.927. The predicted octanol–water partition coefficient (Wildman–Crippen LogP) is 3.67. The summed E-state index contributed by atoms with van der Waals surface area (Å²) in [4.78, 5) is 1.23. The number of hydrogen-bond acceptors (Lipinski definition) is 2. The van der Waals surface area contributed by atoms with Crippen LogP contribution < -0.4 is 10.2 Å². The van der Waals surface area contributed by atoms with E-state index in [0.717, 1.165) is 12.8 Å². The summed E-state index contributed by atoms with van der Waals surface area (Å²) in [5.41, 5.74) is 1.76. The third-order valence-electron chi connectivity index (χ3n) is 4.21. The number of nitrogens with one attached hydrogen (secondary N) is 1. The van der Waals surface area contributed by atoms with E-state index in [1.54, 1.807) is 12.1 Å². The molecule has 0 heterocycles. The molecule has 1 saturated carbocycles. The summed E-state index contributed by atoms with van der Waals surface area (Å²) in [7, 11) is 3.42. The normalized spacial score (nSPS) is 18.2. The number of nitrogens with zero attached hydrogens (tertiary/aromatic N) is 1. The zero-order valence-electron chi connectivity index (χ0n) is 11.9. The van der Waals surface area contributed by atoms with Crippen LogP contribution in [0.25, 0.3) is 0 Å². The highest BCUT2D eigenvalue weighted by Gasteiger charge is 2.34. The van der Waals surface area contributed by atoms with Crippen LogP contribution in [0.15, 0.2) is 24.3 Å². The van der Waals surface area contributed by atoms with Gasteiger partial charge in [0.15, 0.2) is 0 Å². The molecule has 0 bridgehead atoms. The molecule has 0 aliphatic heterocycles. The second-order valence-electron chi connectivity index (χ2n) is 5.56. The van der Waals surface area contributed by atoms with Crippen LogP contribution in [0, 0.1) is 0 Å². The van der Waals surface area contributed by atoms with Crippen LogP contribution in [0.1, 0.15) is 31.2 Å². The van der Waals surface area contributed by atoms with E-state index in [9.17, 15) is 13.2 Å². The van der Waals surface area contributed by atoms with Crippen molar-refractivity contribution in [2.45, 2.75) is 37.4 Å². The average Bonchev–Trinajstić information content (AvgIpc) is 2.87. The van der Waals surface area contributed by atoms with Gasteiger partial charge in [0.1, 0.15) is 6.54 Å². The summed E-state index contributed by atoms with van der Waals surface area (Å²) in [6, 6.07) is 7.45. The Morgan fingerprint density at radius 3 is 2.15 bits per heavy atom. The van der Waals surface area contributed by atoms with Gasteiger partial charge < -0.3 is 10.2 Å². The highest BCUT2D eigenvalue weighted by molar-refractivity contribution is 5.48. The Kier molecular flexibility index (Phi) is 4.28. The van der Waals surface area contributed by atoms with Gasteiger partial charge in [-0.25, -0.2) is 0 Å². The fraction of sp³-hybridized carbons (Fsp3) is 0.600. The minimum Gasteiger partial charge on any atom is -0.366 e. The molecule has 1 aliphatic carbocycles. The Morgan fingerprint density at radius 1 is 1.15 bits per heavy atom. The molecule has 112 valence electrons. The molecule has 0 radical (unpaired) electrons. The van der Waals surface area contributed by atoms with E-state index >= 15 is 0 Å². The first-order valence-electron chi connectivity index (χ1n) is 6.94. The van der Waals surface area contributed by atoms with Crippen LogP contribution in [-0.4, -0.2) is 26.8 Å². The molecule has 0 amide bonds. The molecule has 1 aliphatic rings. The van der Waals surface area contributed by atoms with E-state index in [-0.39, 0.29) is 5.54 Å². The molecule has 1 fully saturated rings. The highest BCUT2D eigenvalue weighted by atomic mass is 19.4. The van der Waals surface area contributed by atoms with Crippen molar-refractivity contribution in [3.63, 3.8) is 0 Å². The molecule has 5 heteroatoms. The highest BCUT2D eigenvalue weighted by Crippen LogP contribution is 2.38. The lowest BCUT2D eigenvalue weighted by Crippen LogP contribution is -2.37. The Hall–Kier alpha value is -1.23. The summed E-state index contributed by atoms with van der Waals surface area (Å²) in [5, 5.41) is 3.39. The van der Waals surface area contributed by atoms with Crippen LogP contribution in [0.2, 0.25) is 0 Å². The summed E-state index contributed by atoms with van der Waals surface area (Å²) >= 11 is 0. The van der Waals surface area contributed by atoms with Gasteiger partial charge in [0.05, 0.1) is 0 Å². The lowest BCUT2D eigenvalue weighted by molar-refractivity contribution is -0.119. The molecule has 1 N–H and O–H groups in total. The Labute approximate surface area is 118 Å². The second-order valence-corrected chi connectivity index (χ2v) is 5.56. The van der Waals surface area contributed by atoms with Gasteiger partial charge in [-0.1, -0.05) is 25.0 Å². The summed E-state index contributed by atoms with van der Waals surface area (Å²) in [6.07, 6.45) is 0.376. The first-order chi connectivity index (χ1) is 9.36. The molecule has 0 atom stereocenters. The van der Waals surface area contributed by atoms with Crippen molar-refractivity contribution in [2.24, 2.45) is 0 Å². The lowest BCUT2D eigenvalue weighted by Gasteiger charge is -2.30. The monoisotopic (exact) mass is 286 g/mol. The van der Waals surface area contributed by atoms with Crippen molar-refractivity contribution in [1.82, 2.24) is 5.32 Å². The first kappa shape index (κ1) is 15.2. The van der Waals surface area contributed by atoms with Gasteiger partial charge in [-0.05, 0) is 37.6 Å². The third kappa shape index (κ3) is 3.26. The first-order valence-corrected chi connectivity index (χ1v) is 6.94. The van der Waals surface area contributed by atoms with Crippen molar-refractivity contribution in [3.8, 4) is 0 Å². The van der Waals surface area contributed by atoms with Gasteiger partial charge in [-0.3, -0.25) is 0 Å². The van der Waals surface area contributed by atoms with Crippen LogP contribution >= 0.6 is 0 Å². The molecular weight excluding hydrogens is 265 g/mol. The van der Waals surface area contributed by atoms with Gasteiger partial charge >= 0.3 is 6.18 Å². The number of anilines is 1. The summed E-state index contributed by atoms with van der Waals surface area (Å²) in [5.74, 6) is 0. The minimum atomic E-state index is -4.18. The zero-order chi connectivity index (χ0) is 14.8. The van der Waals surface area contributed by atoms with Crippen molar-refractivity contribution in [1.29, 1.82) is 0 Å². The van der Waals surface area contributed by atoms with E-state index in [1.165, 1.54) is 30.4 Å². The van der Waals surface area contributed by atoms with E-state index in [0.29, 0.717) is 5.69 Å². The fourth-order valence-corrected chi connectivity index (χ4v) is 3.06. The SMILES string of the molecule is CNC1(c2ccc(N(C)CC(F)(F)F)cc2)CCCC1. The van der Waals surface area contributed by atoms with E-state index in [4.69, 9.17) is 0 Å². The molecule has 20 heavy (non-hydrogen) atoms. The molecule has 0 saturated heterocycles. The van der Waals surface area contributed by atoms with Gasteiger partial charge in [0.2, 0.25) is 0 Å². The molecule has 0 aromatic heterocycles. The van der Waals surface area contributed by atoms with Gasteiger partial charge in [0.25, 0.3) is 0 Å². The molecule has 0 spiro atoms. The van der Waals surface area contributed by atoms with Gasteiger partial charge in [-0.2, -0.15) is 13.2 Å². The van der Waals surface area contributed by atoms with Crippen LogP contribution in [0.3, 0.4) is 0 Å². The Bertz CT molecular complexity index is 433. The van der Waals surface area contributed by atoms with E-state index in [1.807, 2.05) is 19.2 Å². The third-order valence-corrected chi connectivity index (χ3v) is 4.21. The number of hydrogen-bond donors (Lipinski definition) is 1. The summed E-state index contributed by atoms with van der Waals surface area (Å²) < 4.78 is 37.1. The maximum absolute atomic E-state index is 12.4. The second kappa shape index (κ2) is 5.64. The molecule has 1 aromatic rings. The van der Waals surface area contributed by atoms with Gasteiger partial charge in [0, 0.05) is 18.3 Å². The van der Waals surface area contributed by atoms with Crippen molar-refractivity contribution < 1.29 is 13.2 Å². The number of halogens is 3. The quantitative estimate of drug-likeness (QED) is 0.908. The lowest BCUT2D eigenvalue weighted by atomic mass is 9.88. The molecule has 2 nitrogen and oxygen atoms in total. The Balaban J connectivity index is 2.14. The molecule has 1 aromatic carbocycles. The van der Waals surface area contributed by atoms with Crippen LogP contribution in [0.4, 0.5) is 18.9 Å². The van der Waals surface area contributed by atoms with Crippen molar-refractivity contribution in [3.05, 3.63) is 29.8 Å². The predicted molar refractivity (Wildman–Crippen MR) is 75.0 cm³/mol. The zero-order valence-corrected chi connectivity index (χ0v) is 11.9. The molecular formula is C15H21F3N2. The van der Waals surface area contributed by atoms with E-state index in [2.05, 4.69) is 5.32 Å². The average molecular weight is 286 g/mol. The molecule has 2 rings (SSSR count). The minimum absolute atomic E-state index is 0.00112. The number of benzene rings is 1. The maximum Gasteiger partial charge on any atom is 0.405 e.